The minimum Gasteiger partial charge on any atom is -0.391 e. The summed E-state index contributed by atoms with van der Waals surface area (Å²) in [6, 6.07) is 1.91. The zero-order valence-electron chi connectivity index (χ0n) is 12.2. The maximum Gasteiger partial charge on any atom is 0.211 e. The van der Waals surface area contributed by atoms with Gasteiger partial charge in [-0.3, -0.25) is 0 Å². The number of rotatable bonds is 3. The zero-order chi connectivity index (χ0) is 15.2. The first-order valence-corrected chi connectivity index (χ1v) is 8.91. The van der Waals surface area contributed by atoms with E-state index >= 15 is 0 Å². The number of hydrogen-bond donors (Lipinski definition) is 1. The van der Waals surface area contributed by atoms with Gasteiger partial charge in [-0.1, -0.05) is 0 Å². The molecule has 0 aromatic carbocycles. The maximum absolute atomic E-state index is 11.4. The minimum atomic E-state index is -3.12. The molecule has 0 bridgehead atoms. The summed E-state index contributed by atoms with van der Waals surface area (Å²) in [5.41, 5.74) is 0.870. The highest BCUT2D eigenvalue weighted by molar-refractivity contribution is 7.88. The smallest absolute Gasteiger partial charge is 0.211 e. The number of aromatic nitrogens is 2. The van der Waals surface area contributed by atoms with Gasteiger partial charge in [0.05, 0.1) is 12.4 Å². The van der Waals surface area contributed by atoms with Crippen molar-refractivity contribution in [2.24, 2.45) is 0 Å². The third kappa shape index (κ3) is 3.02. The zero-order valence-corrected chi connectivity index (χ0v) is 13.0. The predicted molar refractivity (Wildman–Crippen MR) is 78.8 cm³/mol. The molecule has 0 unspecified atom stereocenters. The van der Waals surface area contributed by atoms with Gasteiger partial charge in [-0.05, 0) is 13.3 Å². The van der Waals surface area contributed by atoms with Crippen LogP contribution in [0.5, 0.6) is 0 Å². The fraction of sp³-hybridized carbons (Fsp3) is 0.692. The van der Waals surface area contributed by atoms with Crippen LogP contribution in [0, 0.1) is 6.92 Å². The van der Waals surface area contributed by atoms with Crippen molar-refractivity contribution < 1.29 is 13.5 Å². The second-order valence-electron chi connectivity index (χ2n) is 5.89. The number of aliphatic hydroxyl groups excluding tert-OH is 1. The summed E-state index contributed by atoms with van der Waals surface area (Å²) in [5.74, 6) is 1.59. The Morgan fingerprint density at radius 1 is 1.29 bits per heavy atom. The van der Waals surface area contributed by atoms with E-state index in [0.717, 1.165) is 24.5 Å². The molecule has 3 rings (SSSR count). The van der Waals surface area contributed by atoms with Crippen molar-refractivity contribution in [3.8, 4) is 0 Å². The van der Waals surface area contributed by atoms with Crippen LogP contribution in [0.4, 0.5) is 5.82 Å². The molecule has 1 aromatic heterocycles. The van der Waals surface area contributed by atoms with E-state index in [9.17, 15) is 13.5 Å². The molecule has 0 amide bonds. The van der Waals surface area contributed by atoms with Gasteiger partial charge in [-0.15, -0.1) is 0 Å². The van der Waals surface area contributed by atoms with E-state index in [1.807, 2.05) is 13.0 Å². The Morgan fingerprint density at radius 2 is 2.00 bits per heavy atom. The first-order valence-electron chi connectivity index (χ1n) is 7.06. The largest absolute Gasteiger partial charge is 0.391 e. The van der Waals surface area contributed by atoms with Gasteiger partial charge in [-0.25, -0.2) is 22.7 Å². The number of β-amino-alcohol motifs (C(OH)–C–C–N with tert-alkyl or cyclic N) is 1. The highest BCUT2D eigenvalue weighted by Crippen LogP contribution is 2.28. The number of aliphatic hydroxyl groups is 1. The van der Waals surface area contributed by atoms with Gasteiger partial charge in [0.15, 0.2) is 0 Å². The van der Waals surface area contributed by atoms with Gasteiger partial charge in [0, 0.05) is 43.9 Å². The first kappa shape index (κ1) is 14.7. The van der Waals surface area contributed by atoms with Gasteiger partial charge < -0.3 is 10.0 Å². The molecule has 2 fully saturated rings. The predicted octanol–water partition coefficient (Wildman–Crippen LogP) is -0.285. The van der Waals surface area contributed by atoms with Crippen LogP contribution in [0.1, 0.15) is 23.9 Å². The molecular weight excluding hydrogens is 292 g/mol. The molecule has 1 atom stereocenters. The molecule has 0 aliphatic carbocycles. The summed E-state index contributed by atoms with van der Waals surface area (Å²) in [4.78, 5) is 11.1. The molecule has 1 N–H and O–H groups in total. The quantitative estimate of drug-likeness (QED) is 0.826. The van der Waals surface area contributed by atoms with E-state index in [2.05, 4.69) is 14.9 Å². The number of anilines is 1. The average Bonchev–Trinajstić information content (AvgIpc) is 2.71. The van der Waals surface area contributed by atoms with Gasteiger partial charge in [-0.2, -0.15) is 0 Å². The van der Waals surface area contributed by atoms with E-state index in [1.54, 1.807) is 0 Å². The first-order chi connectivity index (χ1) is 9.83. The molecule has 8 heteroatoms. The number of sulfonamides is 1. The molecule has 2 saturated heterocycles. The molecule has 1 aromatic rings. The molecule has 0 radical (unpaired) electrons. The Bertz CT molecular complexity index is 643. The highest BCUT2D eigenvalue weighted by Gasteiger charge is 2.36. The number of aryl methyl sites for hydroxylation is 1. The Balaban J connectivity index is 1.77. The third-order valence-corrected chi connectivity index (χ3v) is 5.26. The summed E-state index contributed by atoms with van der Waals surface area (Å²) >= 11 is 0. The molecular formula is C13H20N4O3S. The van der Waals surface area contributed by atoms with Crippen molar-refractivity contribution in [2.45, 2.75) is 25.4 Å². The van der Waals surface area contributed by atoms with Gasteiger partial charge >= 0.3 is 0 Å². The Kier molecular flexibility index (Phi) is 3.62. The van der Waals surface area contributed by atoms with Gasteiger partial charge in [0.25, 0.3) is 0 Å². The van der Waals surface area contributed by atoms with Gasteiger partial charge in [0.1, 0.15) is 11.6 Å². The molecule has 0 saturated carbocycles. The SMILES string of the molecule is Cc1cc(N2CC[C@H](O)C2)nc(C2CN(S(C)(=O)=O)C2)n1. The second-order valence-corrected chi connectivity index (χ2v) is 7.87. The van der Waals surface area contributed by atoms with Crippen LogP contribution in [0.2, 0.25) is 0 Å². The van der Waals surface area contributed by atoms with Crippen LogP contribution in [0.25, 0.3) is 0 Å². The van der Waals surface area contributed by atoms with Crippen molar-refractivity contribution in [1.29, 1.82) is 0 Å². The van der Waals surface area contributed by atoms with Crippen LogP contribution >= 0.6 is 0 Å². The topological polar surface area (TPSA) is 86.6 Å². The van der Waals surface area contributed by atoms with E-state index in [1.165, 1.54) is 10.6 Å². The van der Waals surface area contributed by atoms with Crippen LogP contribution in [-0.4, -0.2) is 66.3 Å². The molecule has 3 heterocycles. The summed E-state index contributed by atoms with van der Waals surface area (Å²) < 4.78 is 24.3. The average molecular weight is 312 g/mol. The molecule has 116 valence electrons. The maximum atomic E-state index is 11.4. The molecule has 2 aliphatic heterocycles. The number of hydrogen-bond acceptors (Lipinski definition) is 6. The monoisotopic (exact) mass is 312 g/mol. The third-order valence-electron chi connectivity index (χ3n) is 4.03. The fourth-order valence-electron chi connectivity index (χ4n) is 2.74. The van der Waals surface area contributed by atoms with E-state index < -0.39 is 10.0 Å². The van der Waals surface area contributed by atoms with Gasteiger partial charge in [0.2, 0.25) is 10.0 Å². The Morgan fingerprint density at radius 3 is 2.57 bits per heavy atom. The highest BCUT2D eigenvalue weighted by atomic mass is 32.2. The second kappa shape index (κ2) is 5.19. The molecule has 0 spiro atoms. The number of nitrogens with zero attached hydrogens (tertiary/aromatic N) is 4. The van der Waals surface area contributed by atoms with Crippen LogP contribution < -0.4 is 4.90 Å². The molecule has 2 aliphatic rings. The lowest BCUT2D eigenvalue weighted by atomic mass is 10.0. The Labute approximate surface area is 124 Å². The summed E-state index contributed by atoms with van der Waals surface area (Å²) in [6.07, 6.45) is 1.68. The summed E-state index contributed by atoms with van der Waals surface area (Å²) in [6.45, 7) is 4.19. The van der Waals surface area contributed by atoms with E-state index in [4.69, 9.17) is 0 Å². The lowest BCUT2D eigenvalue weighted by molar-refractivity contribution is 0.198. The van der Waals surface area contributed by atoms with E-state index in [-0.39, 0.29) is 12.0 Å². The van der Waals surface area contributed by atoms with Crippen molar-refractivity contribution >= 4 is 15.8 Å². The van der Waals surface area contributed by atoms with E-state index in [0.29, 0.717) is 25.5 Å². The normalized spacial score (nSPS) is 24.3. The van der Waals surface area contributed by atoms with Crippen molar-refractivity contribution in [1.82, 2.24) is 14.3 Å². The summed E-state index contributed by atoms with van der Waals surface area (Å²) in [5, 5.41) is 9.63. The fourth-order valence-corrected chi connectivity index (χ4v) is 3.64. The standard InChI is InChI=1S/C13H20N4O3S/c1-9-5-12(16-4-3-11(18)8-16)15-13(14-9)10-6-17(7-10)21(2,19)20/h5,10-11,18H,3-4,6-8H2,1-2H3/t11-/m0/s1. The van der Waals surface area contributed by atoms with Crippen LogP contribution in [0.3, 0.4) is 0 Å². The molecule has 7 nitrogen and oxygen atoms in total. The van der Waals surface area contributed by atoms with Crippen molar-refractivity contribution in [2.75, 3.05) is 37.3 Å². The summed E-state index contributed by atoms with van der Waals surface area (Å²) in [7, 11) is -3.12. The lowest BCUT2D eigenvalue weighted by Gasteiger charge is -2.36. The Hall–Kier alpha value is -1.25. The minimum absolute atomic E-state index is 0.0610. The molecule has 21 heavy (non-hydrogen) atoms. The van der Waals surface area contributed by atoms with Crippen molar-refractivity contribution in [3.63, 3.8) is 0 Å². The lowest BCUT2D eigenvalue weighted by Crippen LogP contribution is -2.48. The van der Waals surface area contributed by atoms with Crippen molar-refractivity contribution in [3.05, 3.63) is 17.6 Å². The van der Waals surface area contributed by atoms with Crippen LogP contribution in [0.15, 0.2) is 6.07 Å². The van der Waals surface area contributed by atoms with Crippen LogP contribution in [-0.2, 0) is 10.0 Å².